The molecule has 4 rings (SSSR count). The summed E-state index contributed by atoms with van der Waals surface area (Å²) >= 11 is 0. The van der Waals surface area contributed by atoms with Gasteiger partial charge in [0.05, 0.1) is 5.69 Å². The van der Waals surface area contributed by atoms with Crippen molar-refractivity contribution < 1.29 is 18.0 Å². The zero-order valence-electron chi connectivity index (χ0n) is 17.1. The summed E-state index contributed by atoms with van der Waals surface area (Å²) in [6.45, 7) is 3.59. The number of nitrogens with one attached hydrogen (secondary N) is 2. The summed E-state index contributed by atoms with van der Waals surface area (Å²) < 4.78 is 40.2. The van der Waals surface area contributed by atoms with E-state index >= 15 is 0 Å². The molecular formula is C21H20F3N7O. The molecular weight excluding hydrogens is 423 g/mol. The summed E-state index contributed by atoms with van der Waals surface area (Å²) in [4.78, 5) is 20.1. The van der Waals surface area contributed by atoms with Crippen LogP contribution in [0.2, 0.25) is 0 Å². The summed E-state index contributed by atoms with van der Waals surface area (Å²) in [5.74, 6) is -2.50. The molecule has 8 nitrogen and oxygen atoms in total. The molecule has 3 aromatic rings. The second-order valence-corrected chi connectivity index (χ2v) is 7.25. The van der Waals surface area contributed by atoms with Gasteiger partial charge in [0.25, 0.3) is 0 Å². The van der Waals surface area contributed by atoms with E-state index in [4.69, 9.17) is 0 Å². The van der Waals surface area contributed by atoms with E-state index < -0.39 is 29.2 Å². The molecule has 0 spiro atoms. The molecule has 0 atom stereocenters. The molecule has 1 fully saturated rings. The number of carbonyl (C=O) groups excluding carboxylic acids is 1. The fourth-order valence-corrected chi connectivity index (χ4v) is 3.19. The largest absolute Gasteiger partial charge is 0.352 e. The van der Waals surface area contributed by atoms with Gasteiger partial charge in [-0.15, -0.1) is 10.2 Å². The second-order valence-electron chi connectivity index (χ2n) is 7.25. The third-order valence-corrected chi connectivity index (χ3v) is 4.99. The van der Waals surface area contributed by atoms with Gasteiger partial charge >= 0.3 is 6.03 Å². The lowest BCUT2D eigenvalue weighted by Gasteiger charge is -2.35. The number of pyridine rings is 1. The standard InChI is InChI=1S/C21H20F3N7O/c1-13-2-5-16(25-12-13)27-17-6-7-18(29-28-17)30-8-10-31(11-9-30)21(32)26-15-4-3-14(22)19(23)20(15)24/h2-7,12H,8-11H2,1H3,(H,26,32)(H,25,27,28). The Labute approximate surface area is 182 Å². The number of anilines is 4. The molecule has 2 aromatic heterocycles. The van der Waals surface area contributed by atoms with E-state index in [9.17, 15) is 18.0 Å². The van der Waals surface area contributed by atoms with Crippen LogP contribution in [0.3, 0.4) is 0 Å². The minimum Gasteiger partial charge on any atom is -0.352 e. The number of urea groups is 1. The molecule has 1 aromatic carbocycles. The highest BCUT2D eigenvalue weighted by molar-refractivity contribution is 5.89. The topological polar surface area (TPSA) is 86.3 Å². The molecule has 0 unspecified atom stereocenters. The van der Waals surface area contributed by atoms with Crippen molar-refractivity contribution in [1.29, 1.82) is 0 Å². The first kappa shape index (κ1) is 21.3. The van der Waals surface area contributed by atoms with Crippen LogP contribution in [0, 0.1) is 24.4 Å². The average molecular weight is 443 g/mol. The van der Waals surface area contributed by atoms with Crippen LogP contribution < -0.4 is 15.5 Å². The van der Waals surface area contributed by atoms with Crippen molar-refractivity contribution >= 4 is 29.2 Å². The summed E-state index contributed by atoms with van der Waals surface area (Å²) in [5, 5.41) is 13.7. The monoisotopic (exact) mass is 443 g/mol. The fourth-order valence-electron chi connectivity index (χ4n) is 3.19. The number of aromatic nitrogens is 3. The SMILES string of the molecule is Cc1ccc(Nc2ccc(N3CCN(C(=O)Nc4ccc(F)c(F)c4F)CC3)nn2)nc1. The third kappa shape index (κ3) is 4.71. The first-order chi connectivity index (χ1) is 15.4. The minimum atomic E-state index is -1.62. The van der Waals surface area contributed by atoms with Crippen LogP contribution >= 0.6 is 0 Å². The zero-order chi connectivity index (χ0) is 22.7. The number of halogens is 3. The number of hydrogen-bond acceptors (Lipinski definition) is 6. The lowest BCUT2D eigenvalue weighted by Crippen LogP contribution is -2.50. The maximum atomic E-state index is 13.8. The van der Waals surface area contributed by atoms with Gasteiger partial charge in [-0.2, -0.15) is 0 Å². The van der Waals surface area contributed by atoms with E-state index in [1.807, 2.05) is 30.0 Å². The molecule has 2 N–H and O–H groups in total. The molecule has 32 heavy (non-hydrogen) atoms. The van der Waals surface area contributed by atoms with Crippen LogP contribution in [0.25, 0.3) is 0 Å². The highest BCUT2D eigenvalue weighted by atomic mass is 19.2. The molecule has 2 amide bonds. The van der Waals surface area contributed by atoms with Crippen molar-refractivity contribution in [3.8, 4) is 0 Å². The first-order valence-corrected chi connectivity index (χ1v) is 9.88. The predicted molar refractivity (Wildman–Crippen MR) is 113 cm³/mol. The molecule has 3 heterocycles. The first-order valence-electron chi connectivity index (χ1n) is 9.88. The van der Waals surface area contributed by atoms with E-state index in [0.29, 0.717) is 43.6 Å². The van der Waals surface area contributed by atoms with Crippen LogP contribution in [0.5, 0.6) is 0 Å². The van der Waals surface area contributed by atoms with Gasteiger partial charge in [0.2, 0.25) is 0 Å². The maximum absolute atomic E-state index is 13.8. The van der Waals surface area contributed by atoms with Gasteiger partial charge in [0.15, 0.2) is 29.1 Å². The number of carbonyl (C=O) groups is 1. The van der Waals surface area contributed by atoms with Crippen molar-refractivity contribution in [2.45, 2.75) is 6.92 Å². The maximum Gasteiger partial charge on any atom is 0.322 e. The van der Waals surface area contributed by atoms with Crippen molar-refractivity contribution in [3.05, 3.63) is 65.6 Å². The minimum absolute atomic E-state index is 0.339. The Bertz CT molecular complexity index is 1100. The van der Waals surface area contributed by atoms with Gasteiger partial charge in [-0.05, 0) is 42.8 Å². The molecule has 11 heteroatoms. The molecule has 1 aliphatic heterocycles. The molecule has 0 saturated carbocycles. The summed E-state index contributed by atoms with van der Waals surface area (Å²) in [6, 6.07) is 8.54. The predicted octanol–water partition coefficient (Wildman–Crippen LogP) is 3.70. The Morgan fingerprint density at radius 2 is 1.66 bits per heavy atom. The number of piperazine rings is 1. The summed E-state index contributed by atoms with van der Waals surface area (Å²) in [6.07, 6.45) is 1.75. The van der Waals surface area contributed by atoms with Gasteiger partial charge in [-0.1, -0.05) is 6.07 Å². The van der Waals surface area contributed by atoms with Crippen LogP contribution in [0.1, 0.15) is 5.56 Å². The molecule has 1 saturated heterocycles. The Morgan fingerprint density at radius 1 is 0.906 bits per heavy atom. The lowest BCUT2D eigenvalue weighted by atomic mass is 10.2. The van der Waals surface area contributed by atoms with Crippen LogP contribution in [-0.2, 0) is 0 Å². The zero-order valence-corrected chi connectivity index (χ0v) is 17.1. The molecule has 1 aliphatic rings. The van der Waals surface area contributed by atoms with Gasteiger partial charge < -0.3 is 20.4 Å². The van der Waals surface area contributed by atoms with E-state index in [0.717, 1.165) is 17.7 Å². The van der Waals surface area contributed by atoms with Crippen LogP contribution in [-0.4, -0.2) is 52.3 Å². The highest BCUT2D eigenvalue weighted by Gasteiger charge is 2.24. The molecule has 0 aliphatic carbocycles. The van der Waals surface area contributed by atoms with Gasteiger partial charge in [-0.3, -0.25) is 0 Å². The smallest absolute Gasteiger partial charge is 0.322 e. The Morgan fingerprint density at radius 3 is 2.31 bits per heavy atom. The number of aryl methyl sites for hydroxylation is 1. The normalized spacial score (nSPS) is 13.8. The van der Waals surface area contributed by atoms with Crippen molar-refractivity contribution in [2.75, 3.05) is 41.7 Å². The van der Waals surface area contributed by atoms with Crippen LogP contribution in [0.4, 0.5) is 41.1 Å². The van der Waals surface area contributed by atoms with E-state index in [1.54, 1.807) is 12.3 Å². The number of benzene rings is 1. The fraction of sp³-hybridized carbons (Fsp3) is 0.238. The average Bonchev–Trinajstić information content (AvgIpc) is 2.81. The van der Waals surface area contributed by atoms with E-state index in [2.05, 4.69) is 25.8 Å². The number of rotatable bonds is 4. The van der Waals surface area contributed by atoms with E-state index in [1.165, 1.54) is 4.90 Å². The highest BCUT2D eigenvalue weighted by Crippen LogP contribution is 2.21. The molecule has 0 bridgehead atoms. The second kappa shape index (κ2) is 9.08. The quantitative estimate of drug-likeness (QED) is 0.598. The Hall–Kier alpha value is -3.89. The number of hydrogen-bond donors (Lipinski definition) is 2. The lowest BCUT2D eigenvalue weighted by molar-refractivity contribution is 0.208. The van der Waals surface area contributed by atoms with Crippen molar-refractivity contribution in [1.82, 2.24) is 20.1 Å². The Balaban J connectivity index is 1.32. The van der Waals surface area contributed by atoms with E-state index in [-0.39, 0.29) is 0 Å². The van der Waals surface area contributed by atoms with Crippen molar-refractivity contribution in [3.63, 3.8) is 0 Å². The summed E-state index contributed by atoms with van der Waals surface area (Å²) in [5.41, 5.74) is 0.646. The summed E-state index contributed by atoms with van der Waals surface area (Å²) in [7, 11) is 0. The van der Waals surface area contributed by atoms with Gasteiger partial charge in [-0.25, -0.2) is 22.9 Å². The molecule has 166 valence electrons. The van der Waals surface area contributed by atoms with Gasteiger partial charge in [0, 0.05) is 32.4 Å². The van der Waals surface area contributed by atoms with Crippen LogP contribution in [0.15, 0.2) is 42.6 Å². The molecule has 0 radical (unpaired) electrons. The van der Waals surface area contributed by atoms with Crippen molar-refractivity contribution in [2.24, 2.45) is 0 Å². The van der Waals surface area contributed by atoms with Gasteiger partial charge in [0.1, 0.15) is 5.82 Å². The third-order valence-electron chi connectivity index (χ3n) is 4.99. The Kier molecular flexibility index (Phi) is 6.06. The number of nitrogens with zero attached hydrogens (tertiary/aromatic N) is 5. The number of amides is 2.